The number of rotatable bonds is 80. The summed E-state index contributed by atoms with van der Waals surface area (Å²) < 4.78 is 68.7. The van der Waals surface area contributed by atoms with Crippen LogP contribution in [0.4, 0.5) is 0 Å². The van der Waals surface area contributed by atoms with Crippen LogP contribution in [0, 0.1) is 5.92 Å². The first kappa shape index (κ1) is 98.5. The van der Waals surface area contributed by atoms with Gasteiger partial charge in [0.2, 0.25) is 0 Å². The van der Waals surface area contributed by atoms with Crippen molar-refractivity contribution < 1.29 is 80.2 Å². The van der Waals surface area contributed by atoms with Crippen molar-refractivity contribution in [3.8, 4) is 0 Å². The van der Waals surface area contributed by atoms with Gasteiger partial charge < -0.3 is 33.8 Å². The molecule has 596 valence electrons. The molecule has 0 radical (unpaired) electrons. The lowest BCUT2D eigenvalue weighted by molar-refractivity contribution is -0.161. The summed E-state index contributed by atoms with van der Waals surface area (Å²) in [5, 5.41) is 10.6. The van der Waals surface area contributed by atoms with Crippen LogP contribution >= 0.6 is 15.6 Å². The molecule has 6 atom stereocenters. The molecule has 0 aliphatic rings. The third-order valence-electron chi connectivity index (χ3n) is 19.0. The highest BCUT2D eigenvalue weighted by Gasteiger charge is 2.30. The van der Waals surface area contributed by atoms with Crippen molar-refractivity contribution in [2.45, 2.75) is 432 Å². The van der Waals surface area contributed by atoms with Crippen LogP contribution in [0.25, 0.3) is 0 Å². The predicted octanol–water partition coefficient (Wildman–Crippen LogP) is 24.4. The molecule has 0 rings (SSSR count). The fourth-order valence-corrected chi connectivity index (χ4v) is 13.8. The van der Waals surface area contributed by atoms with E-state index in [0.29, 0.717) is 25.7 Å². The summed E-state index contributed by atoms with van der Waals surface area (Å²) in [5.74, 6) is -1.36. The number of allylic oxidation sites excluding steroid dienone is 4. The minimum Gasteiger partial charge on any atom is -0.462 e. The second-order valence-corrected chi connectivity index (χ2v) is 32.0. The Labute approximate surface area is 618 Å². The van der Waals surface area contributed by atoms with Gasteiger partial charge in [-0.05, 0) is 57.3 Å². The Kier molecular flexibility index (Phi) is 72.6. The summed E-state index contributed by atoms with van der Waals surface area (Å²) in [6.07, 6.45) is 68.7. The second kappa shape index (κ2) is 74.4. The van der Waals surface area contributed by atoms with Gasteiger partial charge >= 0.3 is 39.5 Å². The second-order valence-electron chi connectivity index (χ2n) is 29.1. The largest absolute Gasteiger partial charge is 0.472 e. The smallest absolute Gasteiger partial charge is 0.462 e. The van der Waals surface area contributed by atoms with Crippen molar-refractivity contribution in [3.63, 3.8) is 0 Å². The molecule has 0 aliphatic carbocycles. The van der Waals surface area contributed by atoms with Crippen LogP contribution in [0.3, 0.4) is 0 Å². The average Bonchev–Trinajstić information content (AvgIpc) is 1.22. The molecule has 0 spiro atoms. The lowest BCUT2D eigenvalue weighted by atomic mass is 9.99. The summed E-state index contributed by atoms with van der Waals surface area (Å²) >= 11 is 0. The standard InChI is InChI=1S/C82H156O17P2/c1-6-10-13-16-19-22-25-28-31-32-33-34-37-40-43-46-53-58-63-68-81(86)98-77(71-92-79(84)65-60-55-50-44-41-38-35-29-26-23-20-17-14-11-7-2)73-96-100(88,89)94-69-76(83)70-95-101(90,91)97-74-78(72-93-80(85)66-61-56-51-48-47-49-54-59-64-75(5)9-4)99-82(87)67-62-57-52-45-42-39-36-30-27-24-21-18-15-12-8-3/h23,26,29,35,75-78,83H,6-22,24-25,27-28,30-34,36-74H2,1-5H3,(H,88,89)(H,90,91)/b26-23-,35-29-/t75?,76-,77-,78-/m1/s1. The SMILES string of the molecule is CCCCCC/C=C\C=C/CCCCCCCC(=O)OC[C@H](COP(=O)(O)OC[C@@H](O)COP(=O)(O)OC[C@@H](COC(=O)CCCCCCCCCCC(C)CC)OC(=O)CCCCCCCCCCCCCCCCC)OC(=O)CCCCCCCCCCCCCCCCCCCCC. The van der Waals surface area contributed by atoms with E-state index in [-0.39, 0.29) is 25.7 Å². The first-order chi connectivity index (χ1) is 49.1. The van der Waals surface area contributed by atoms with Gasteiger partial charge in [-0.25, -0.2) is 9.13 Å². The maximum atomic E-state index is 13.1. The maximum absolute atomic E-state index is 13.1. The molecule has 0 aliphatic heterocycles. The molecule has 19 heteroatoms. The van der Waals surface area contributed by atoms with Gasteiger partial charge in [-0.3, -0.25) is 37.3 Å². The van der Waals surface area contributed by atoms with Crippen LogP contribution in [0.15, 0.2) is 24.3 Å². The Morgan fingerprint density at radius 2 is 0.554 bits per heavy atom. The molecule has 0 saturated heterocycles. The van der Waals surface area contributed by atoms with E-state index in [0.717, 1.165) is 115 Å². The first-order valence-corrected chi connectivity index (χ1v) is 45.0. The van der Waals surface area contributed by atoms with Crippen molar-refractivity contribution in [3.05, 3.63) is 24.3 Å². The van der Waals surface area contributed by atoms with Crippen molar-refractivity contribution in [2.24, 2.45) is 5.92 Å². The minimum atomic E-state index is -4.97. The third-order valence-corrected chi connectivity index (χ3v) is 20.9. The molecule has 0 fully saturated rings. The summed E-state index contributed by atoms with van der Waals surface area (Å²) in [6.45, 7) is 7.28. The van der Waals surface area contributed by atoms with Crippen molar-refractivity contribution in [2.75, 3.05) is 39.6 Å². The molecular formula is C82H156O17P2. The molecule has 0 heterocycles. The van der Waals surface area contributed by atoms with E-state index in [2.05, 4.69) is 58.9 Å². The normalized spacial score (nSPS) is 14.3. The van der Waals surface area contributed by atoms with Crippen LogP contribution in [0.1, 0.15) is 413 Å². The Morgan fingerprint density at radius 1 is 0.317 bits per heavy atom. The van der Waals surface area contributed by atoms with Crippen LogP contribution in [-0.2, 0) is 65.4 Å². The highest BCUT2D eigenvalue weighted by molar-refractivity contribution is 7.47. The molecule has 3 N–H and O–H groups in total. The molecule has 0 aromatic rings. The zero-order chi connectivity index (χ0) is 74.1. The molecule has 101 heavy (non-hydrogen) atoms. The lowest BCUT2D eigenvalue weighted by Crippen LogP contribution is -2.30. The van der Waals surface area contributed by atoms with Crippen LogP contribution < -0.4 is 0 Å². The van der Waals surface area contributed by atoms with Crippen LogP contribution in [0.5, 0.6) is 0 Å². The Balaban J connectivity index is 5.29. The first-order valence-electron chi connectivity index (χ1n) is 42.0. The summed E-state index contributed by atoms with van der Waals surface area (Å²) in [5.41, 5.74) is 0. The van der Waals surface area contributed by atoms with Crippen molar-refractivity contribution in [1.29, 1.82) is 0 Å². The van der Waals surface area contributed by atoms with Gasteiger partial charge in [0.05, 0.1) is 26.4 Å². The molecule has 3 unspecified atom stereocenters. The number of hydrogen-bond acceptors (Lipinski definition) is 15. The topological polar surface area (TPSA) is 237 Å². The van der Waals surface area contributed by atoms with Crippen molar-refractivity contribution >= 4 is 39.5 Å². The molecule has 17 nitrogen and oxygen atoms in total. The number of aliphatic hydroxyl groups excluding tert-OH is 1. The number of unbranched alkanes of at least 4 members (excludes halogenated alkanes) is 48. The van der Waals surface area contributed by atoms with E-state index in [1.165, 1.54) is 218 Å². The van der Waals surface area contributed by atoms with Crippen molar-refractivity contribution in [1.82, 2.24) is 0 Å². The molecule has 0 amide bonds. The number of esters is 4. The van der Waals surface area contributed by atoms with Gasteiger partial charge in [0.1, 0.15) is 19.3 Å². The highest BCUT2D eigenvalue weighted by Crippen LogP contribution is 2.45. The van der Waals surface area contributed by atoms with E-state index in [1.54, 1.807) is 0 Å². The number of carbonyl (C=O) groups excluding carboxylic acids is 4. The summed E-state index contributed by atoms with van der Waals surface area (Å²) in [7, 11) is -9.93. The van der Waals surface area contributed by atoms with Crippen LogP contribution in [-0.4, -0.2) is 96.7 Å². The third kappa shape index (κ3) is 74.2. The number of carbonyl (C=O) groups is 4. The van der Waals surface area contributed by atoms with E-state index in [9.17, 15) is 43.2 Å². The lowest BCUT2D eigenvalue weighted by Gasteiger charge is -2.21. The summed E-state index contributed by atoms with van der Waals surface area (Å²) in [6, 6.07) is 0. The predicted molar refractivity (Wildman–Crippen MR) is 414 cm³/mol. The monoisotopic (exact) mass is 1480 g/mol. The zero-order valence-corrected chi connectivity index (χ0v) is 67.3. The molecule has 0 bridgehead atoms. The fraction of sp³-hybridized carbons (Fsp3) is 0.902. The molecular weight excluding hydrogens is 1320 g/mol. The minimum absolute atomic E-state index is 0.102. The number of hydrogen-bond donors (Lipinski definition) is 3. The van der Waals surface area contributed by atoms with Gasteiger partial charge in [-0.1, -0.05) is 361 Å². The molecule has 0 saturated carbocycles. The van der Waals surface area contributed by atoms with Gasteiger partial charge in [0, 0.05) is 25.7 Å². The quantitative estimate of drug-likeness (QED) is 0.0169. The van der Waals surface area contributed by atoms with E-state index < -0.39 is 97.5 Å². The highest BCUT2D eigenvalue weighted by atomic mass is 31.2. The fourth-order valence-electron chi connectivity index (χ4n) is 12.2. The Bertz CT molecular complexity index is 2020. The number of ether oxygens (including phenoxy) is 4. The number of aliphatic hydroxyl groups is 1. The maximum Gasteiger partial charge on any atom is 0.472 e. The van der Waals surface area contributed by atoms with Gasteiger partial charge in [-0.15, -0.1) is 0 Å². The van der Waals surface area contributed by atoms with E-state index >= 15 is 0 Å². The number of phosphoric ester groups is 2. The molecule has 0 aromatic heterocycles. The average molecular weight is 1480 g/mol. The van der Waals surface area contributed by atoms with Gasteiger partial charge in [0.15, 0.2) is 12.2 Å². The van der Waals surface area contributed by atoms with E-state index in [4.69, 9.17) is 37.0 Å². The van der Waals surface area contributed by atoms with Crippen LogP contribution in [0.2, 0.25) is 0 Å². The van der Waals surface area contributed by atoms with Gasteiger partial charge in [-0.2, -0.15) is 0 Å². The van der Waals surface area contributed by atoms with E-state index in [1.807, 2.05) is 0 Å². The zero-order valence-electron chi connectivity index (χ0n) is 65.5. The van der Waals surface area contributed by atoms with Gasteiger partial charge in [0.25, 0.3) is 0 Å². The Hall–Kier alpha value is -2.46. The number of phosphoric acid groups is 2. The Morgan fingerprint density at radius 3 is 0.842 bits per heavy atom. The summed E-state index contributed by atoms with van der Waals surface area (Å²) in [4.78, 5) is 73.1. The molecule has 0 aromatic carbocycles.